The van der Waals surface area contributed by atoms with Gasteiger partial charge in [-0.2, -0.15) is 0 Å². The highest BCUT2D eigenvalue weighted by molar-refractivity contribution is 5.46. The number of aromatic nitrogens is 1. The maximum Gasteiger partial charge on any atom is 0.0393 e. The van der Waals surface area contributed by atoms with Gasteiger partial charge in [0.05, 0.1) is 0 Å². The molecule has 0 aromatic carbocycles. The molecule has 17 heavy (non-hydrogen) atoms. The first-order valence-electron chi connectivity index (χ1n) is 6.69. The molecule has 0 amide bonds. The summed E-state index contributed by atoms with van der Waals surface area (Å²) >= 11 is 0. The molecule has 1 atom stereocenters. The lowest BCUT2D eigenvalue weighted by Gasteiger charge is -2.27. The first-order valence-corrected chi connectivity index (χ1v) is 6.69. The molecule has 1 fully saturated rings. The summed E-state index contributed by atoms with van der Waals surface area (Å²) in [6.07, 6.45) is 11.8. The fourth-order valence-electron chi connectivity index (χ4n) is 2.97. The Balaban J connectivity index is 2.17. The van der Waals surface area contributed by atoms with Crippen molar-refractivity contribution in [2.45, 2.75) is 44.6 Å². The molecule has 0 aliphatic heterocycles. The smallest absolute Gasteiger partial charge is 0.0393 e. The number of nitrogens with zero attached hydrogens (tertiary/aromatic N) is 1. The fraction of sp³-hybridized carbons (Fsp3) is 0.643. The maximum atomic E-state index is 6.06. The Morgan fingerprint density at radius 2 is 2.00 bits per heavy atom. The molecular formula is C14H23N3. The van der Waals surface area contributed by atoms with Crippen LogP contribution in [0.25, 0.3) is 0 Å². The van der Waals surface area contributed by atoms with Crippen LogP contribution in [0.15, 0.2) is 18.5 Å². The van der Waals surface area contributed by atoms with Crippen molar-refractivity contribution in [3.8, 4) is 0 Å². The molecule has 0 saturated heterocycles. The third-order valence-electron chi connectivity index (χ3n) is 3.90. The van der Waals surface area contributed by atoms with Gasteiger partial charge < -0.3 is 11.1 Å². The molecule has 1 unspecified atom stereocenters. The lowest BCUT2D eigenvalue weighted by Crippen LogP contribution is -2.26. The highest BCUT2D eigenvalue weighted by Gasteiger charge is 2.24. The molecule has 1 aliphatic carbocycles. The Labute approximate surface area is 104 Å². The highest BCUT2D eigenvalue weighted by atomic mass is 14.9. The summed E-state index contributed by atoms with van der Waals surface area (Å²) in [5.74, 6) is 0.703. The Morgan fingerprint density at radius 1 is 1.29 bits per heavy atom. The van der Waals surface area contributed by atoms with Gasteiger partial charge in [-0.05, 0) is 31.9 Å². The molecule has 0 radical (unpaired) electrons. The fourth-order valence-corrected chi connectivity index (χ4v) is 2.97. The normalized spacial score (nSPS) is 19.8. The molecule has 1 aromatic heterocycles. The molecule has 0 spiro atoms. The average molecular weight is 233 g/mol. The molecule has 1 saturated carbocycles. The van der Waals surface area contributed by atoms with Gasteiger partial charge in [-0.3, -0.25) is 4.98 Å². The largest absolute Gasteiger partial charge is 0.398 e. The van der Waals surface area contributed by atoms with Crippen LogP contribution in [-0.2, 0) is 0 Å². The van der Waals surface area contributed by atoms with Gasteiger partial charge in [-0.1, -0.05) is 25.7 Å². The second-order valence-corrected chi connectivity index (χ2v) is 5.02. The second kappa shape index (κ2) is 6.01. The number of pyridine rings is 1. The van der Waals surface area contributed by atoms with E-state index in [1.807, 2.05) is 19.3 Å². The summed E-state index contributed by atoms with van der Waals surface area (Å²) in [6.45, 7) is 0. The second-order valence-electron chi connectivity index (χ2n) is 5.02. The Morgan fingerprint density at radius 3 is 2.59 bits per heavy atom. The zero-order chi connectivity index (χ0) is 12.1. The third kappa shape index (κ3) is 2.97. The minimum Gasteiger partial charge on any atom is -0.398 e. The topological polar surface area (TPSA) is 50.9 Å². The predicted octanol–water partition coefficient (Wildman–Crippen LogP) is 2.89. The number of hydrogen-bond acceptors (Lipinski definition) is 3. The van der Waals surface area contributed by atoms with Crippen LogP contribution >= 0.6 is 0 Å². The van der Waals surface area contributed by atoms with Gasteiger partial charge in [0.1, 0.15) is 0 Å². The number of hydrogen-bond donors (Lipinski definition) is 2. The number of rotatable bonds is 3. The Kier molecular flexibility index (Phi) is 4.37. The Bertz CT molecular complexity index is 343. The van der Waals surface area contributed by atoms with Crippen LogP contribution in [0, 0.1) is 5.92 Å². The molecule has 3 N–H and O–H groups in total. The lowest BCUT2D eigenvalue weighted by atomic mass is 9.87. The van der Waals surface area contributed by atoms with Crippen LogP contribution < -0.4 is 11.1 Å². The van der Waals surface area contributed by atoms with Crippen molar-refractivity contribution < 1.29 is 0 Å². The van der Waals surface area contributed by atoms with Gasteiger partial charge in [0.25, 0.3) is 0 Å². The van der Waals surface area contributed by atoms with Crippen molar-refractivity contribution in [1.29, 1.82) is 0 Å². The van der Waals surface area contributed by atoms with Gasteiger partial charge in [0.15, 0.2) is 0 Å². The van der Waals surface area contributed by atoms with E-state index in [0.717, 1.165) is 5.69 Å². The summed E-state index contributed by atoms with van der Waals surface area (Å²) < 4.78 is 0. The zero-order valence-corrected chi connectivity index (χ0v) is 10.7. The number of nitrogen functional groups attached to an aromatic ring is 1. The van der Waals surface area contributed by atoms with E-state index in [1.165, 1.54) is 44.1 Å². The van der Waals surface area contributed by atoms with Crippen LogP contribution in [0.5, 0.6) is 0 Å². The van der Waals surface area contributed by atoms with E-state index in [0.29, 0.717) is 12.0 Å². The van der Waals surface area contributed by atoms with Crippen molar-refractivity contribution in [3.63, 3.8) is 0 Å². The number of anilines is 1. The summed E-state index contributed by atoms with van der Waals surface area (Å²) in [5.41, 5.74) is 8.10. The van der Waals surface area contributed by atoms with Gasteiger partial charge >= 0.3 is 0 Å². The summed E-state index contributed by atoms with van der Waals surface area (Å²) in [6, 6.07) is 2.26. The summed E-state index contributed by atoms with van der Waals surface area (Å²) in [5, 5.41) is 3.44. The number of nitrogens with two attached hydrogens (primary N) is 1. The Hall–Kier alpha value is -1.09. The predicted molar refractivity (Wildman–Crippen MR) is 71.6 cm³/mol. The summed E-state index contributed by atoms with van der Waals surface area (Å²) in [7, 11) is 2.03. The van der Waals surface area contributed by atoms with Gasteiger partial charge in [-0.15, -0.1) is 0 Å². The van der Waals surface area contributed by atoms with E-state index in [1.54, 1.807) is 6.20 Å². The first-order chi connectivity index (χ1) is 8.33. The molecule has 3 nitrogen and oxygen atoms in total. The molecule has 1 heterocycles. The van der Waals surface area contributed by atoms with Crippen LogP contribution in [0.1, 0.15) is 50.1 Å². The molecular weight excluding hydrogens is 210 g/mol. The van der Waals surface area contributed by atoms with Crippen molar-refractivity contribution in [1.82, 2.24) is 10.3 Å². The SMILES string of the molecule is CNC(c1cnccc1N)C1CCCCCC1. The molecule has 2 rings (SSSR count). The minimum atomic E-state index is 0.363. The molecule has 1 aliphatic rings. The monoisotopic (exact) mass is 233 g/mol. The van der Waals surface area contributed by atoms with Crippen molar-refractivity contribution in [2.75, 3.05) is 12.8 Å². The van der Waals surface area contributed by atoms with Crippen LogP contribution in [-0.4, -0.2) is 12.0 Å². The van der Waals surface area contributed by atoms with E-state index in [-0.39, 0.29) is 0 Å². The van der Waals surface area contributed by atoms with Crippen LogP contribution in [0.2, 0.25) is 0 Å². The van der Waals surface area contributed by atoms with Gasteiger partial charge in [0.2, 0.25) is 0 Å². The molecule has 0 bridgehead atoms. The molecule has 94 valence electrons. The molecule has 1 aromatic rings. The standard InChI is InChI=1S/C14H23N3/c1-16-14(11-6-4-2-3-5-7-11)12-10-17-9-8-13(12)15/h8-11,14,16H,2-7H2,1H3,(H2,15,17). The van der Waals surface area contributed by atoms with Gasteiger partial charge in [0, 0.05) is 29.7 Å². The molecule has 3 heteroatoms. The number of nitrogens with one attached hydrogen (secondary N) is 1. The highest BCUT2D eigenvalue weighted by Crippen LogP contribution is 2.34. The summed E-state index contributed by atoms with van der Waals surface area (Å²) in [4.78, 5) is 4.21. The van der Waals surface area contributed by atoms with E-state index in [4.69, 9.17) is 5.73 Å². The van der Waals surface area contributed by atoms with Crippen molar-refractivity contribution in [3.05, 3.63) is 24.0 Å². The van der Waals surface area contributed by atoms with E-state index < -0.39 is 0 Å². The first kappa shape index (κ1) is 12.4. The lowest BCUT2D eigenvalue weighted by molar-refractivity contribution is 0.342. The zero-order valence-electron chi connectivity index (χ0n) is 10.7. The van der Waals surface area contributed by atoms with Gasteiger partial charge in [-0.25, -0.2) is 0 Å². The van der Waals surface area contributed by atoms with E-state index in [2.05, 4.69) is 10.3 Å². The van der Waals surface area contributed by atoms with E-state index in [9.17, 15) is 0 Å². The maximum absolute atomic E-state index is 6.06. The van der Waals surface area contributed by atoms with E-state index >= 15 is 0 Å². The quantitative estimate of drug-likeness (QED) is 0.789. The van der Waals surface area contributed by atoms with Crippen molar-refractivity contribution in [2.24, 2.45) is 5.92 Å². The van der Waals surface area contributed by atoms with Crippen molar-refractivity contribution >= 4 is 5.69 Å². The minimum absolute atomic E-state index is 0.363. The van der Waals surface area contributed by atoms with Crippen LogP contribution in [0.4, 0.5) is 5.69 Å². The average Bonchev–Trinajstić information content (AvgIpc) is 2.62. The van der Waals surface area contributed by atoms with Crippen LogP contribution in [0.3, 0.4) is 0 Å². The third-order valence-corrected chi connectivity index (χ3v) is 3.90.